The topological polar surface area (TPSA) is 73.0 Å². The fourth-order valence-corrected chi connectivity index (χ4v) is 3.36. The molecule has 0 radical (unpaired) electrons. The first-order valence-electron chi connectivity index (χ1n) is 8.05. The lowest BCUT2D eigenvalue weighted by atomic mass is 9.91. The molecule has 3 heterocycles. The van der Waals surface area contributed by atoms with Crippen molar-refractivity contribution in [3.05, 3.63) is 34.9 Å². The molecule has 1 saturated heterocycles. The quantitative estimate of drug-likeness (QED) is 0.792. The van der Waals surface area contributed by atoms with Gasteiger partial charge in [0.1, 0.15) is 11.4 Å². The van der Waals surface area contributed by atoms with E-state index in [0.29, 0.717) is 48.9 Å². The maximum atomic E-state index is 12.7. The molecule has 0 bridgehead atoms. The first-order valence-corrected chi connectivity index (χ1v) is 8.43. The molecule has 2 aromatic heterocycles. The van der Waals surface area contributed by atoms with E-state index in [4.69, 9.17) is 11.6 Å². The lowest BCUT2D eigenvalue weighted by Crippen LogP contribution is -2.41. The van der Waals surface area contributed by atoms with E-state index in [0.717, 1.165) is 0 Å². The molecule has 1 aliphatic rings. The number of likely N-dealkylation sites (tertiary alicyclic amines) is 1. The Hall–Kier alpha value is -2.15. The largest absolute Gasteiger partial charge is 0.337 e. The number of halogens is 1. The minimum atomic E-state index is -0.120. The molecule has 7 nitrogen and oxygen atoms in total. The van der Waals surface area contributed by atoms with Crippen molar-refractivity contribution in [2.75, 3.05) is 13.1 Å². The summed E-state index contributed by atoms with van der Waals surface area (Å²) >= 11 is 6.11. The van der Waals surface area contributed by atoms with Gasteiger partial charge in [-0.1, -0.05) is 11.6 Å². The first kappa shape index (κ1) is 16.7. The van der Waals surface area contributed by atoms with E-state index >= 15 is 0 Å². The number of ketones is 1. The summed E-state index contributed by atoms with van der Waals surface area (Å²) in [5.41, 5.74) is 1.04. The minimum absolute atomic E-state index is 0.0731. The number of aryl methyl sites for hydroxylation is 2. The van der Waals surface area contributed by atoms with E-state index < -0.39 is 0 Å². The number of amides is 1. The highest BCUT2D eigenvalue weighted by atomic mass is 35.5. The van der Waals surface area contributed by atoms with Gasteiger partial charge in [-0.05, 0) is 25.8 Å². The van der Waals surface area contributed by atoms with E-state index in [-0.39, 0.29) is 17.6 Å². The van der Waals surface area contributed by atoms with Gasteiger partial charge in [0.25, 0.3) is 5.91 Å². The zero-order chi connectivity index (χ0) is 17.3. The molecule has 0 N–H and O–H groups in total. The van der Waals surface area contributed by atoms with Crippen LogP contribution in [0.2, 0.25) is 5.02 Å². The van der Waals surface area contributed by atoms with Crippen LogP contribution in [-0.2, 0) is 13.6 Å². The summed E-state index contributed by atoms with van der Waals surface area (Å²) in [6.07, 6.45) is 4.41. The lowest BCUT2D eigenvalue weighted by molar-refractivity contribution is 0.0638. The summed E-state index contributed by atoms with van der Waals surface area (Å²) in [7, 11) is 1.76. The highest BCUT2D eigenvalue weighted by molar-refractivity contribution is 6.33. The molecule has 2 aromatic rings. The van der Waals surface area contributed by atoms with Crippen LogP contribution in [0.4, 0.5) is 0 Å². The summed E-state index contributed by atoms with van der Waals surface area (Å²) in [6, 6.07) is 1.74. The third kappa shape index (κ3) is 2.96. The maximum absolute atomic E-state index is 12.7. The number of rotatable bonds is 4. The Bertz CT molecular complexity index is 758. The van der Waals surface area contributed by atoms with E-state index in [1.54, 1.807) is 33.6 Å². The predicted octanol–water partition coefficient (Wildman–Crippen LogP) is 2.02. The molecule has 1 fully saturated rings. The molecule has 0 saturated carbocycles. The van der Waals surface area contributed by atoms with Gasteiger partial charge in [0.15, 0.2) is 5.78 Å². The number of carbonyl (C=O) groups is 2. The van der Waals surface area contributed by atoms with E-state index in [1.165, 1.54) is 6.20 Å². The molecule has 0 spiro atoms. The number of aromatic nitrogens is 4. The molecule has 0 aliphatic carbocycles. The molecule has 0 aromatic carbocycles. The number of carbonyl (C=O) groups excluding carboxylic acids is 2. The molecule has 24 heavy (non-hydrogen) atoms. The van der Waals surface area contributed by atoms with Crippen LogP contribution >= 0.6 is 11.6 Å². The van der Waals surface area contributed by atoms with Crippen molar-refractivity contribution in [3.8, 4) is 0 Å². The van der Waals surface area contributed by atoms with E-state index in [9.17, 15) is 9.59 Å². The van der Waals surface area contributed by atoms with Crippen LogP contribution in [-0.4, -0.2) is 49.2 Å². The first-order chi connectivity index (χ1) is 11.5. The number of piperidine rings is 1. The second kappa shape index (κ2) is 6.76. The van der Waals surface area contributed by atoms with Crippen LogP contribution in [0, 0.1) is 5.92 Å². The second-order valence-electron chi connectivity index (χ2n) is 5.93. The Labute approximate surface area is 145 Å². The predicted molar refractivity (Wildman–Crippen MR) is 89.1 cm³/mol. The normalized spacial score (nSPS) is 15.7. The molecule has 3 rings (SSSR count). The molecular weight excluding hydrogens is 330 g/mol. The maximum Gasteiger partial charge on any atom is 0.273 e. The van der Waals surface area contributed by atoms with Crippen molar-refractivity contribution < 1.29 is 9.59 Å². The van der Waals surface area contributed by atoms with Crippen molar-refractivity contribution in [2.24, 2.45) is 13.0 Å². The van der Waals surface area contributed by atoms with Gasteiger partial charge in [-0.2, -0.15) is 10.2 Å². The van der Waals surface area contributed by atoms with Gasteiger partial charge >= 0.3 is 0 Å². The number of nitrogens with zero attached hydrogens (tertiary/aromatic N) is 5. The Kier molecular flexibility index (Phi) is 4.71. The Morgan fingerprint density at radius 3 is 2.58 bits per heavy atom. The van der Waals surface area contributed by atoms with Gasteiger partial charge in [0.05, 0.1) is 11.2 Å². The van der Waals surface area contributed by atoms with Gasteiger partial charge in [0, 0.05) is 38.8 Å². The Morgan fingerprint density at radius 2 is 2.00 bits per heavy atom. The summed E-state index contributed by atoms with van der Waals surface area (Å²) in [6.45, 7) is 3.58. The summed E-state index contributed by atoms with van der Waals surface area (Å²) in [5.74, 6) is -0.0967. The number of Topliss-reactive ketones (excluding diaryl/α,β-unsaturated/α-hetero) is 1. The molecule has 0 atom stereocenters. The fourth-order valence-electron chi connectivity index (χ4n) is 3.13. The van der Waals surface area contributed by atoms with Crippen molar-refractivity contribution in [1.29, 1.82) is 0 Å². The zero-order valence-electron chi connectivity index (χ0n) is 13.8. The average molecular weight is 350 g/mol. The number of hydrogen-bond acceptors (Lipinski definition) is 4. The van der Waals surface area contributed by atoms with Crippen molar-refractivity contribution >= 4 is 23.3 Å². The monoisotopic (exact) mass is 349 g/mol. The van der Waals surface area contributed by atoms with E-state index in [2.05, 4.69) is 10.2 Å². The average Bonchev–Trinajstić information content (AvgIpc) is 3.19. The van der Waals surface area contributed by atoms with Gasteiger partial charge in [-0.15, -0.1) is 0 Å². The van der Waals surface area contributed by atoms with Crippen LogP contribution < -0.4 is 0 Å². The van der Waals surface area contributed by atoms with E-state index in [1.807, 2.05) is 6.92 Å². The second-order valence-corrected chi connectivity index (χ2v) is 6.33. The van der Waals surface area contributed by atoms with Crippen molar-refractivity contribution in [3.63, 3.8) is 0 Å². The summed E-state index contributed by atoms with van der Waals surface area (Å²) < 4.78 is 3.21. The van der Waals surface area contributed by atoms with Crippen LogP contribution in [0.1, 0.15) is 40.7 Å². The Morgan fingerprint density at radius 1 is 1.29 bits per heavy atom. The zero-order valence-corrected chi connectivity index (χ0v) is 14.5. The lowest BCUT2D eigenvalue weighted by Gasteiger charge is -2.31. The van der Waals surface area contributed by atoms with Gasteiger partial charge < -0.3 is 4.90 Å². The smallest absolute Gasteiger partial charge is 0.273 e. The third-order valence-corrected chi connectivity index (χ3v) is 4.80. The summed E-state index contributed by atoms with van der Waals surface area (Å²) in [4.78, 5) is 27.0. The van der Waals surface area contributed by atoms with Crippen LogP contribution in [0.3, 0.4) is 0 Å². The molecule has 8 heteroatoms. The SMILES string of the molecule is CCn1ncc(Cl)c1C(=O)N1CCC(C(=O)c2ccnn2C)CC1. The molecular formula is C16H20ClN5O2. The van der Waals surface area contributed by atoms with Crippen LogP contribution in [0.15, 0.2) is 18.5 Å². The standard InChI is InChI=1S/C16H20ClN5O2/c1-3-22-14(12(17)10-19-22)16(24)21-8-5-11(6-9-21)15(23)13-4-7-18-20(13)2/h4,7,10-11H,3,5-6,8-9H2,1-2H3. The third-order valence-electron chi connectivity index (χ3n) is 4.52. The Balaban J connectivity index is 1.67. The van der Waals surface area contributed by atoms with Gasteiger partial charge in [-0.3, -0.25) is 19.0 Å². The molecule has 1 aliphatic heterocycles. The highest BCUT2D eigenvalue weighted by Crippen LogP contribution is 2.24. The fraction of sp³-hybridized carbons (Fsp3) is 0.500. The molecule has 128 valence electrons. The molecule has 1 amide bonds. The van der Waals surface area contributed by atoms with Crippen molar-refractivity contribution in [1.82, 2.24) is 24.5 Å². The number of hydrogen-bond donors (Lipinski definition) is 0. The molecule has 0 unspecified atom stereocenters. The summed E-state index contributed by atoms with van der Waals surface area (Å²) in [5, 5.41) is 8.53. The van der Waals surface area contributed by atoms with Crippen LogP contribution in [0.5, 0.6) is 0 Å². The van der Waals surface area contributed by atoms with Gasteiger partial charge in [-0.25, -0.2) is 0 Å². The van der Waals surface area contributed by atoms with Gasteiger partial charge in [0.2, 0.25) is 0 Å². The highest BCUT2D eigenvalue weighted by Gasteiger charge is 2.31. The van der Waals surface area contributed by atoms with Crippen molar-refractivity contribution in [2.45, 2.75) is 26.3 Å². The minimum Gasteiger partial charge on any atom is -0.337 e. The van der Waals surface area contributed by atoms with Crippen LogP contribution in [0.25, 0.3) is 0 Å².